The Morgan fingerprint density at radius 2 is 1.69 bits per heavy atom. The van der Waals surface area contributed by atoms with Crippen molar-refractivity contribution in [2.45, 2.75) is 13.3 Å². The van der Waals surface area contributed by atoms with Gasteiger partial charge in [0.05, 0.1) is 12.3 Å². The average molecular weight is 349 g/mol. The lowest BCUT2D eigenvalue weighted by molar-refractivity contribution is 0.342. The third-order valence-electron chi connectivity index (χ3n) is 3.87. The van der Waals surface area contributed by atoms with Gasteiger partial charge in [-0.05, 0) is 31.0 Å². The molecule has 0 spiro atoms. The molecule has 3 rings (SSSR count). The van der Waals surface area contributed by atoms with Gasteiger partial charge in [0.15, 0.2) is 11.6 Å². The smallest absolute Gasteiger partial charge is 0.159 e. The molecule has 2 aromatic carbocycles. The van der Waals surface area contributed by atoms with Crippen LogP contribution in [-0.4, -0.2) is 23.1 Å². The Kier molecular flexibility index (Phi) is 5.88. The Morgan fingerprint density at radius 1 is 0.962 bits per heavy atom. The highest BCUT2D eigenvalue weighted by Crippen LogP contribution is 2.30. The monoisotopic (exact) mass is 349 g/mol. The maximum atomic E-state index is 6.24. The predicted molar refractivity (Wildman–Crippen MR) is 106 cm³/mol. The van der Waals surface area contributed by atoms with E-state index < -0.39 is 0 Å². The number of para-hydroxylation sites is 2. The molecule has 0 aliphatic heterocycles. The van der Waals surface area contributed by atoms with E-state index in [1.165, 1.54) is 11.9 Å². The van der Waals surface area contributed by atoms with Crippen molar-refractivity contribution in [3.63, 3.8) is 0 Å². The number of hydrogen-bond acceptors (Lipinski definition) is 6. The summed E-state index contributed by atoms with van der Waals surface area (Å²) in [5.41, 5.74) is 8.80. The molecule has 4 N–H and O–H groups in total. The highest BCUT2D eigenvalue weighted by Gasteiger charge is 2.10. The molecule has 6 nitrogen and oxygen atoms in total. The van der Waals surface area contributed by atoms with Crippen molar-refractivity contribution in [2.24, 2.45) is 0 Å². The van der Waals surface area contributed by atoms with Gasteiger partial charge in [0.1, 0.15) is 17.8 Å². The molecule has 3 aromatic rings. The van der Waals surface area contributed by atoms with E-state index in [0.717, 1.165) is 24.4 Å². The van der Waals surface area contributed by atoms with Crippen molar-refractivity contribution in [2.75, 3.05) is 29.5 Å². The van der Waals surface area contributed by atoms with Crippen LogP contribution in [0.5, 0.6) is 5.75 Å². The van der Waals surface area contributed by atoms with Gasteiger partial charge in [0.2, 0.25) is 0 Å². The van der Waals surface area contributed by atoms with E-state index in [2.05, 4.69) is 32.7 Å². The fourth-order valence-electron chi connectivity index (χ4n) is 2.58. The molecule has 134 valence electrons. The SMILES string of the molecule is CCOc1ccccc1Nc1ncnc(NCCc2ccccc2)c1N. The standard InChI is InChI=1S/C20H23N5O/c1-2-26-17-11-7-6-10-16(17)25-20-18(21)19(23-14-24-20)22-13-12-15-8-4-3-5-9-15/h3-11,14H,2,12-13,21H2,1H3,(H2,22,23,24,25). The number of nitrogens with zero attached hydrogens (tertiary/aromatic N) is 2. The summed E-state index contributed by atoms with van der Waals surface area (Å²) in [6.07, 6.45) is 2.38. The maximum absolute atomic E-state index is 6.24. The zero-order chi connectivity index (χ0) is 18.2. The molecule has 0 atom stereocenters. The maximum Gasteiger partial charge on any atom is 0.159 e. The van der Waals surface area contributed by atoms with Crippen molar-refractivity contribution in [1.29, 1.82) is 0 Å². The highest BCUT2D eigenvalue weighted by molar-refractivity contribution is 5.79. The zero-order valence-corrected chi connectivity index (χ0v) is 14.8. The van der Waals surface area contributed by atoms with Crippen LogP contribution in [0, 0.1) is 0 Å². The van der Waals surface area contributed by atoms with Crippen molar-refractivity contribution in [1.82, 2.24) is 9.97 Å². The summed E-state index contributed by atoms with van der Waals surface area (Å²) in [5.74, 6) is 1.92. The van der Waals surface area contributed by atoms with Gasteiger partial charge in [-0.25, -0.2) is 9.97 Å². The van der Waals surface area contributed by atoms with E-state index in [-0.39, 0.29) is 0 Å². The van der Waals surface area contributed by atoms with Crippen LogP contribution >= 0.6 is 0 Å². The first-order valence-corrected chi connectivity index (χ1v) is 8.65. The minimum atomic E-state index is 0.479. The Bertz CT molecular complexity index is 839. The van der Waals surface area contributed by atoms with E-state index in [0.29, 0.717) is 23.9 Å². The Hall–Kier alpha value is -3.28. The number of rotatable bonds is 8. The van der Waals surface area contributed by atoms with Crippen LogP contribution in [0.15, 0.2) is 60.9 Å². The van der Waals surface area contributed by atoms with Gasteiger partial charge in [-0.15, -0.1) is 0 Å². The third-order valence-corrected chi connectivity index (χ3v) is 3.87. The van der Waals surface area contributed by atoms with Crippen LogP contribution in [0.3, 0.4) is 0 Å². The van der Waals surface area contributed by atoms with Gasteiger partial charge in [0.25, 0.3) is 0 Å². The van der Waals surface area contributed by atoms with Crippen molar-refractivity contribution in [3.05, 3.63) is 66.5 Å². The van der Waals surface area contributed by atoms with Gasteiger partial charge in [-0.1, -0.05) is 42.5 Å². The lowest BCUT2D eigenvalue weighted by Gasteiger charge is -2.15. The van der Waals surface area contributed by atoms with Gasteiger partial charge in [-0.3, -0.25) is 0 Å². The number of nitrogens with one attached hydrogen (secondary N) is 2. The quantitative estimate of drug-likeness (QED) is 0.573. The first-order chi connectivity index (χ1) is 12.8. The second-order valence-electron chi connectivity index (χ2n) is 5.70. The molecule has 0 aliphatic rings. The first kappa shape index (κ1) is 17.5. The number of anilines is 4. The molecule has 0 fully saturated rings. The number of benzene rings is 2. The number of hydrogen-bond donors (Lipinski definition) is 3. The molecule has 26 heavy (non-hydrogen) atoms. The minimum Gasteiger partial charge on any atom is -0.492 e. The van der Waals surface area contributed by atoms with Crippen LogP contribution in [-0.2, 0) is 6.42 Å². The minimum absolute atomic E-state index is 0.479. The third kappa shape index (κ3) is 4.42. The topological polar surface area (TPSA) is 85.1 Å². The molecule has 0 unspecified atom stereocenters. The molecule has 0 bridgehead atoms. The van der Waals surface area contributed by atoms with Crippen LogP contribution in [0.4, 0.5) is 23.0 Å². The van der Waals surface area contributed by atoms with Gasteiger partial charge in [0, 0.05) is 6.54 Å². The van der Waals surface area contributed by atoms with Crippen molar-refractivity contribution in [3.8, 4) is 5.75 Å². The number of nitrogen functional groups attached to an aromatic ring is 1. The summed E-state index contributed by atoms with van der Waals surface area (Å²) in [4.78, 5) is 8.51. The second kappa shape index (κ2) is 8.71. The summed E-state index contributed by atoms with van der Waals surface area (Å²) in [6.45, 7) is 3.27. The van der Waals surface area contributed by atoms with Crippen molar-refractivity contribution >= 4 is 23.0 Å². The molecule has 1 heterocycles. The Labute approximate surface area is 153 Å². The van der Waals surface area contributed by atoms with Crippen LogP contribution in [0.2, 0.25) is 0 Å². The molecular weight excluding hydrogens is 326 g/mol. The summed E-state index contributed by atoms with van der Waals surface area (Å²) in [5, 5.41) is 6.51. The molecule has 6 heteroatoms. The summed E-state index contributed by atoms with van der Waals surface area (Å²) < 4.78 is 5.63. The zero-order valence-electron chi connectivity index (χ0n) is 14.8. The molecule has 1 aromatic heterocycles. The average Bonchev–Trinajstić information content (AvgIpc) is 2.67. The molecule has 0 saturated heterocycles. The first-order valence-electron chi connectivity index (χ1n) is 8.65. The fourth-order valence-corrected chi connectivity index (χ4v) is 2.58. The highest BCUT2D eigenvalue weighted by atomic mass is 16.5. The normalized spacial score (nSPS) is 10.3. The molecular formula is C20H23N5O. The number of nitrogens with two attached hydrogens (primary N) is 1. The Morgan fingerprint density at radius 3 is 2.50 bits per heavy atom. The molecule has 0 aliphatic carbocycles. The number of ether oxygens (including phenoxy) is 1. The summed E-state index contributed by atoms with van der Waals surface area (Å²) in [6, 6.07) is 18.0. The van der Waals surface area contributed by atoms with E-state index in [1.54, 1.807) is 0 Å². The van der Waals surface area contributed by atoms with E-state index in [9.17, 15) is 0 Å². The van der Waals surface area contributed by atoms with Crippen LogP contribution < -0.4 is 21.1 Å². The lowest BCUT2D eigenvalue weighted by Crippen LogP contribution is -2.11. The molecule has 0 amide bonds. The van der Waals surface area contributed by atoms with Crippen LogP contribution in [0.25, 0.3) is 0 Å². The lowest BCUT2D eigenvalue weighted by atomic mass is 10.1. The van der Waals surface area contributed by atoms with E-state index in [1.807, 2.05) is 49.4 Å². The predicted octanol–water partition coefficient (Wildman–Crippen LogP) is 3.86. The van der Waals surface area contributed by atoms with Crippen molar-refractivity contribution < 1.29 is 4.74 Å². The summed E-state index contributed by atoms with van der Waals surface area (Å²) >= 11 is 0. The van der Waals surface area contributed by atoms with Gasteiger partial charge < -0.3 is 21.1 Å². The molecule has 0 radical (unpaired) electrons. The van der Waals surface area contributed by atoms with Gasteiger partial charge >= 0.3 is 0 Å². The largest absolute Gasteiger partial charge is 0.492 e. The Balaban J connectivity index is 1.69. The van der Waals surface area contributed by atoms with Gasteiger partial charge in [-0.2, -0.15) is 0 Å². The second-order valence-corrected chi connectivity index (χ2v) is 5.70. The number of aromatic nitrogens is 2. The summed E-state index contributed by atoms with van der Waals surface area (Å²) in [7, 11) is 0. The van der Waals surface area contributed by atoms with Crippen LogP contribution in [0.1, 0.15) is 12.5 Å². The van der Waals surface area contributed by atoms with E-state index in [4.69, 9.17) is 10.5 Å². The fraction of sp³-hybridized carbons (Fsp3) is 0.200. The van der Waals surface area contributed by atoms with E-state index >= 15 is 0 Å². The molecule has 0 saturated carbocycles.